The number of allylic oxidation sites excluding steroid dienone is 1. The first-order valence-corrected chi connectivity index (χ1v) is 11.6. The van der Waals surface area contributed by atoms with E-state index in [4.69, 9.17) is 21.1 Å². The summed E-state index contributed by atoms with van der Waals surface area (Å²) >= 11 is 7.01. The van der Waals surface area contributed by atoms with Crippen LogP contribution in [0.2, 0.25) is 5.02 Å². The van der Waals surface area contributed by atoms with Gasteiger partial charge in [-0.3, -0.25) is 14.4 Å². The Balaban J connectivity index is 1.92. The number of amides is 2. The third kappa shape index (κ3) is 5.82. The van der Waals surface area contributed by atoms with Crippen LogP contribution in [0.1, 0.15) is 21.8 Å². The van der Waals surface area contributed by atoms with E-state index < -0.39 is 35.6 Å². The van der Waals surface area contributed by atoms with Gasteiger partial charge in [0.05, 0.1) is 52.9 Å². The Hall–Kier alpha value is -3.81. The first-order valence-electron chi connectivity index (χ1n) is 10.2. The Labute approximate surface area is 210 Å². The fourth-order valence-corrected chi connectivity index (χ4v) is 4.54. The topological polar surface area (TPSA) is 135 Å². The van der Waals surface area contributed by atoms with E-state index in [0.717, 1.165) is 18.9 Å². The molecule has 0 fully saturated rings. The third-order valence-corrected chi connectivity index (χ3v) is 6.52. The summed E-state index contributed by atoms with van der Waals surface area (Å²) in [6, 6.07) is 14.8. The molecule has 0 spiro atoms. The van der Waals surface area contributed by atoms with Crippen molar-refractivity contribution in [1.29, 1.82) is 5.26 Å². The van der Waals surface area contributed by atoms with Crippen molar-refractivity contribution in [3.05, 3.63) is 75.3 Å². The first-order chi connectivity index (χ1) is 16.8. The molecule has 2 aromatic carbocycles. The highest BCUT2D eigenvalue weighted by atomic mass is 35.5. The maximum absolute atomic E-state index is 12.9. The molecular weight excluding hydrogens is 494 g/mol. The summed E-state index contributed by atoms with van der Waals surface area (Å²) in [5.74, 6) is -4.91. The lowest BCUT2D eigenvalue weighted by Gasteiger charge is -2.31. The summed E-state index contributed by atoms with van der Waals surface area (Å²) in [6.07, 6.45) is 0. The minimum absolute atomic E-state index is 0.0846. The van der Waals surface area contributed by atoms with Crippen molar-refractivity contribution in [3.63, 3.8) is 0 Å². The standard InChI is InChI=1S/C24H20ClN3O6S/c1-33-23(31)14-9-7-13(8-10-14)19-15(11-26)22(28-21(30)20(19)24(32)34-2)35-12-18(29)27-17-6-4-3-5-16(17)25/h3-10,19-20H,12H2,1-2H3,(H,27,29)(H,28,30)/t19-,20-/m1/s1. The van der Waals surface area contributed by atoms with E-state index in [1.165, 1.54) is 31.4 Å². The van der Waals surface area contributed by atoms with Crippen LogP contribution in [0.3, 0.4) is 0 Å². The van der Waals surface area contributed by atoms with Crippen molar-refractivity contribution in [2.24, 2.45) is 5.92 Å². The lowest BCUT2D eigenvalue weighted by molar-refractivity contribution is -0.150. The molecule has 9 nitrogen and oxygen atoms in total. The van der Waals surface area contributed by atoms with Gasteiger partial charge in [-0.05, 0) is 29.8 Å². The van der Waals surface area contributed by atoms with Crippen LogP contribution in [0.5, 0.6) is 0 Å². The number of halogens is 1. The smallest absolute Gasteiger partial charge is 0.337 e. The number of anilines is 1. The van der Waals surface area contributed by atoms with Gasteiger partial charge in [-0.2, -0.15) is 5.26 Å². The molecule has 2 atom stereocenters. The van der Waals surface area contributed by atoms with Crippen molar-refractivity contribution in [1.82, 2.24) is 5.32 Å². The Morgan fingerprint density at radius 1 is 1.11 bits per heavy atom. The number of nitrogens with zero attached hydrogens (tertiary/aromatic N) is 1. The second-order valence-corrected chi connectivity index (χ2v) is 8.65. The number of nitriles is 1. The minimum Gasteiger partial charge on any atom is -0.468 e. The van der Waals surface area contributed by atoms with Crippen molar-refractivity contribution in [2.75, 3.05) is 25.3 Å². The van der Waals surface area contributed by atoms with Gasteiger partial charge in [0.25, 0.3) is 0 Å². The largest absolute Gasteiger partial charge is 0.468 e. The fourth-order valence-electron chi connectivity index (χ4n) is 3.51. The monoisotopic (exact) mass is 513 g/mol. The van der Waals surface area contributed by atoms with E-state index in [9.17, 15) is 24.4 Å². The van der Waals surface area contributed by atoms with E-state index in [1.807, 2.05) is 0 Å². The van der Waals surface area contributed by atoms with Gasteiger partial charge in [-0.25, -0.2) is 4.79 Å². The highest BCUT2D eigenvalue weighted by Crippen LogP contribution is 2.40. The summed E-state index contributed by atoms with van der Waals surface area (Å²) in [5, 5.41) is 15.7. The number of methoxy groups -OCH3 is 2. The second-order valence-electron chi connectivity index (χ2n) is 7.25. The zero-order valence-corrected chi connectivity index (χ0v) is 20.2. The van der Waals surface area contributed by atoms with Gasteiger partial charge in [-0.1, -0.05) is 47.6 Å². The van der Waals surface area contributed by atoms with Crippen molar-refractivity contribution < 1.29 is 28.7 Å². The van der Waals surface area contributed by atoms with Crippen LogP contribution in [-0.4, -0.2) is 43.7 Å². The van der Waals surface area contributed by atoms with Gasteiger partial charge in [0.1, 0.15) is 5.92 Å². The Kier molecular flexibility index (Phi) is 8.52. The molecule has 0 bridgehead atoms. The number of carbonyl (C=O) groups is 4. The lowest BCUT2D eigenvalue weighted by Crippen LogP contribution is -2.44. The summed E-state index contributed by atoms with van der Waals surface area (Å²) in [7, 11) is 2.39. The first kappa shape index (κ1) is 25.8. The normalized spacial score (nSPS) is 17.1. The Morgan fingerprint density at radius 2 is 1.80 bits per heavy atom. The van der Waals surface area contributed by atoms with Crippen molar-refractivity contribution >= 4 is 52.8 Å². The van der Waals surface area contributed by atoms with Crippen LogP contribution in [-0.2, 0) is 23.9 Å². The van der Waals surface area contributed by atoms with Crippen LogP contribution in [0.25, 0.3) is 0 Å². The average Bonchev–Trinajstić information content (AvgIpc) is 2.87. The number of benzene rings is 2. The number of thioether (sulfide) groups is 1. The maximum Gasteiger partial charge on any atom is 0.337 e. The molecule has 1 aliphatic heterocycles. The van der Waals surface area contributed by atoms with Crippen LogP contribution < -0.4 is 10.6 Å². The molecule has 1 heterocycles. The van der Waals surface area contributed by atoms with E-state index in [2.05, 4.69) is 16.7 Å². The summed E-state index contributed by atoms with van der Waals surface area (Å²) < 4.78 is 9.50. The molecule has 1 aliphatic rings. The van der Waals surface area contributed by atoms with Gasteiger partial charge >= 0.3 is 11.9 Å². The number of nitrogens with one attached hydrogen (secondary N) is 2. The number of rotatable bonds is 7. The van der Waals surface area contributed by atoms with Crippen LogP contribution in [0, 0.1) is 17.2 Å². The predicted octanol–water partition coefficient (Wildman–Crippen LogP) is 3.24. The minimum atomic E-state index is -1.33. The Bertz CT molecular complexity index is 1240. The van der Waals surface area contributed by atoms with Gasteiger partial charge < -0.3 is 20.1 Å². The van der Waals surface area contributed by atoms with Crippen LogP contribution in [0.15, 0.2) is 59.1 Å². The summed E-state index contributed by atoms with van der Waals surface area (Å²) in [6.45, 7) is 0. The molecule has 180 valence electrons. The number of hydrogen-bond donors (Lipinski definition) is 2. The highest BCUT2D eigenvalue weighted by Gasteiger charge is 2.44. The maximum atomic E-state index is 12.9. The molecule has 0 aliphatic carbocycles. The van der Waals surface area contributed by atoms with Gasteiger partial charge in [0.2, 0.25) is 11.8 Å². The SMILES string of the molecule is COC(=O)c1ccc([C@@H]2C(C#N)=C(SCC(=O)Nc3ccccc3Cl)NC(=O)[C@@H]2C(=O)OC)cc1. The van der Waals surface area contributed by atoms with Crippen molar-refractivity contribution in [2.45, 2.75) is 5.92 Å². The molecular formula is C24H20ClN3O6S. The highest BCUT2D eigenvalue weighted by molar-refractivity contribution is 8.03. The van der Waals surface area contributed by atoms with E-state index >= 15 is 0 Å². The summed E-state index contributed by atoms with van der Waals surface area (Å²) in [5.41, 5.74) is 1.22. The van der Waals surface area contributed by atoms with Crippen LogP contribution in [0.4, 0.5) is 5.69 Å². The lowest BCUT2D eigenvalue weighted by atomic mass is 9.78. The zero-order chi connectivity index (χ0) is 25.5. The predicted molar refractivity (Wildman–Crippen MR) is 129 cm³/mol. The fraction of sp³-hybridized carbons (Fsp3) is 0.208. The van der Waals surface area contributed by atoms with Gasteiger partial charge in [0, 0.05) is 5.92 Å². The van der Waals surface area contributed by atoms with Gasteiger partial charge in [0.15, 0.2) is 0 Å². The summed E-state index contributed by atoms with van der Waals surface area (Å²) in [4.78, 5) is 49.6. The third-order valence-electron chi connectivity index (χ3n) is 5.17. The van der Waals surface area contributed by atoms with E-state index in [-0.39, 0.29) is 21.9 Å². The number of esters is 2. The molecule has 2 aromatic rings. The molecule has 2 amide bonds. The molecule has 11 heteroatoms. The van der Waals surface area contributed by atoms with Crippen LogP contribution >= 0.6 is 23.4 Å². The number of carbonyl (C=O) groups excluding carboxylic acids is 4. The molecule has 3 rings (SSSR count). The second kappa shape index (κ2) is 11.6. The quantitative estimate of drug-likeness (QED) is 0.425. The molecule has 0 aromatic heterocycles. The van der Waals surface area contributed by atoms with Gasteiger partial charge in [-0.15, -0.1) is 0 Å². The molecule has 2 N–H and O–H groups in total. The van der Waals surface area contributed by atoms with E-state index in [1.54, 1.807) is 24.3 Å². The average molecular weight is 514 g/mol. The molecule has 0 unspecified atom stereocenters. The zero-order valence-electron chi connectivity index (χ0n) is 18.7. The number of ether oxygens (including phenoxy) is 2. The molecule has 35 heavy (non-hydrogen) atoms. The molecule has 0 radical (unpaired) electrons. The van der Waals surface area contributed by atoms with E-state index in [0.29, 0.717) is 16.3 Å². The molecule has 0 saturated carbocycles. The number of para-hydroxylation sites is 1. The molecule has 0 saturated heterocycles. The van der Waals surface area contributed by atoms with Crippen molar-refractivity contribution in [3.8, 4) is 6.07 Å². The Morgan fingerprint density at radius 3 is 2.40 bits per heavy atom. The number of hydrogen-bond acceptors (Lipinski definition) is 8.